The van der Waals surface area contributed by atoms with Crippen molar-refractivity contribution in [2.75, 3.05) is 29.1 Å². The summed E-state index contributed by atoms with van der Waals surface area (Å²) in [5, 5.41) is 2.97. The van der Waals surface area contributed by atoms with Crippen LogP contribution in [0.1, 0.15) is 27.6 Å². The standard InChI is InChI=1S/C20H17N3O6S2/c1-12(24)21-15-5-2-13(3-6-15)17(25)11-29-19(26)14-4-7-16-18(10-14)30-20-22-31(27,28)9-8-23(16)20/h2-7,10H,8-9,11H2,1H3,(H,21,24). The summed E-state index contributed by atoms with van der Waals surface area (Å²) >= 11 is 1.17. The summed E-state index contributed by atoms with van der Waals surface area (Å²) in [5.41, 5.74) is 1.95. The van der Waals surface area contributed by atoms with Gasteiger partial charge >= 0.3 is 5.97 Å². The Kier molecular flexibility index (Phi) is 5.54. The van der Waals surface area contributed by atoms with E-state index in [2.05, 4.69) is 9.71 Å². The molecule has 9 nitrogen and oxygen atoms in total. The van der Waals surface area contributed by atoms with E-state index in [0.29, 0.717) is 27.9 Å². The molecule has 0 aromatic heterocycles. The third-order valence-electron chi connectivity index (χ3n) is 4.57. The molecular weight excluding hydrogens is 442 g/mol. The Balaban J connectivity index is 1.40. The van der Waals surface area contributed by atoms with Crippen LogP contribution in [0.3, 0.4) is 0 Å². The normalized spacial score (nSPS) is 16.0. The quantitative estimate of drug-likeness (QED) is 0.534. The number of nitrogens with zero attached hydrogens (tertiary/aromatic N) is 2. The van der Waals surface area contributed by atoms with Crippen molar-refractivity contribution in [3.63, 3.8) is 0 Å². The summed E-state index contributed by atoms with van der Waals surface area (Å²) in [6.45, 7) is 1.26. The second-order valence-corrected chi connectivity index (χ2v) is 9.62. The van der Waals surface area contributed by atoms with Crippen LogP contribution in [0.15, 0.2) is 51.8 Å². The topological polar surface area (TPSA) is 122 Å². The van der Waals surface area contributed by atoms with Gasteiger partial charge in [-0.25, -0.2) is 13.2 Å². The monoisotopic (exact) mass is 459 g/mol. The Morgan fingerprint density at radius 1 is 1.13 bits per heavy atom. The van der Waals surface area contributed by atoms with E-state index in [1.54, 1.807) is 47.4 Å². The number of ether oxygens (including phenoxy) is 1. The predicted molar refractivity (Wildman–Crippen MR) is 116 cm³/mol. The summed E-state index contributed by atoms with van der Waals surface area (Å²) in [6, 6.07) is 11.1. The number of anilines is 2. The van der Waals surface area contributed by atoms with Crippen LogP contribution in [0.25, 0.3) is 0 Å². The first-order valence-corrected chi connectivity index (χ1v) is 11.6. The van der Waals surface area contributed by atoms with Gasteiger partial charge in [0.15, 0.2) is 17.6 Å². The van der Waals surface area contributed by atoms with Crippen molar-refractivity contribution in [2.24, 2.45) is 4.40 Å². The van der Waals surface area contributed by atoms with Gasteiger partial charge < -0.3 is 15.0 Å². The number of sulfonamides is 1. The van der Waals surface area contributed by atoms with Crippen molar-refractivity contribution in [3.05, 3.63) is 53.6 Å². The van der Waals surface area contributed by atoms with Crippen LogP contribution < -0.4 is 10.2 Å². The number of hydrogen-bond donors (Lipinski definition) is 1. The maximum absolute atomic E-state index is 12.4. The number of hydrogen-bond acceptors (Lipinski definition) is 8. The minimum atomic E-state index is -3.46. The zero-order valence-corrected chi connectivity index (χ0v) is 18.0. The van der Waals surface area contributed by atoms with Gasteiger partial charge in [-0.1, -0.05) is 0 Å². The van der Waals surface area contributed by atoms with E-state index in [9.17, 15) is 22.8 Å². The molecule has 0 saturated heterocycles. The van der Waals surface area contributed by atoms with Gasteiger partial charge in [0.25, 0.3) is 10.0 Å². The Morgan fingerprint density at radius 2 is 1.84 bits per heavy atom. The number of esters is 1. The number of Topliss-reactive ketones (excluding diaryl/α,β-unsaturated/α-hetero) is 1. The van der Waals surface area contributed by atoms with E-state index in [4.69, 9.17) is 4.74 Å². The zero-order valence-electron chi connectivity index (χ0n) is 16.3. The molecule has 0 bridgehead atoms. The third-order valence-corrected chi connectivity index (χ3v) is 6.88. The molecule has 2 heterocycles. The molecule has 1 N–H and O–H groups in total. The summed E-state index contributed by atoms with van der Waals surface area (Å²) < 4.78 is 32.3. The smallest absolute Gasteiger partial charge is 0.338 e. The molecule has 0 spiro atoms. The molecule has 0 radical (unpaired) electrons. The number of rotatable bonds is 5. The fraction of sp³-hybridized carbons (Fsp3) is 0.200. The van der Waals surface area contributed by atoms with Gasteiger partial charge in [-0.15, -0.1) is 4.40 Å². The fourth-order valence-electron chi connectivity index (χ4n) is 3.10. The van der Waals surface area contributed by atoms with Crippen LogP contribution in [-0.4, -0.2) is 50.1 Å². The Labute approximate surface area is 182 Å². The van der Waals surface area contributed by atoms with Crippen LogP contribution in [0, 0.1) is 0 Å². The molecule has 1 amide bonds. The highest BCUT2D eigenvalue weighted by atomic mass is 32.2. The fourth-order valence-corrected chi connectivity index (χ4v) is 5.39. The molecule has 0 fully saturated rings. The lowest BCUT2D eigenvalue weighted by atomic mass is 10.1. The Morgan fingerprint density at radius 3 is 2.55 bits per heavy atom. The van der Waals surface area contributed by atoms with Crippen LogP contribution in [-0.2, 0) is 19.6 Å². The van der Waals surface area contributed by atoms with Gasteiger partial charge in [0.1, 0.15) is 0 Å². The number of ketones is 1. The molecule has 31 heavy (non-hydrogen) atoms. The Hall–Kier alpha value is -3.18. The van der Waals surface area contributed by atoms with Crippen LogP contribution in [0.2, 0.25) is 0 Å². The summed E-state index contributed by atoms with van der Waals surface area (Å²) in [5.74, 6) is -1.32. The van der Waals surface area contributed by atoms with Crippen LogP contribution in [0.5, 0.6) is 0 Å². The van der Waals surface area contributed by atoms with E-state index >= 15 is 0 Å². The van der Waals surface area contributed by atoms with Crippen LogP contribution in [0.4, 0.5) is 11.4 Å². The van der Waals surface area contributed by atoms with Crippen molar-refractivity contribution in [3.8, 4) is 0 Å². The van der Waals surface area contributed by atoms with E-state index in [1.165, 1.54) is 18.7 Å². The molecule has 0 aliphatic carbocycles. The highest BCUT2D eigenvalue weighted by Gasteiger charge is 2.33. The number of amidine groups is 1. The van der Waals surface area contributed by atoms with Crippen molar-refractivity contribution in [1.82, 2.24) is 0 Å². The molecule has 2 aromatic carbocycles. The number of nitrogens with one attached hydrogen (secondary N) is 1. The predicted octanol–water partition coefficient (Wildman–Crippen LogP) is 2.30. The molecule has 0 saturated carbocycles. The minimum Gasteiger partial charge on any atom is -0.454 e. The molecule has 0 unspecified atom stereocenters. The summed E-state index contributed by atoms with van der Waals surface area (Å²) in [6.07, 6.45) is 0. The first-order chi connectivity index (χ1) is 14.7. The first-order valence-electron chi connectivity index (χ1n) is 9.22. The van der Waals surface area contributed by atoms with E-state index in [-0.39, 0.29) is 23.0 Å². The first kappa shape index (κ1) is 21.1. The molecule has 160 valence electrons. The molecular formula is C20H17N3O6S2. The van der Waals surface area contributed by atoms with Gasteiger partial charge in [-0.05, 0) is 54.2 Å². The SMILES string of the molecule is CC(=O)Nc1ccc(C(=O)COC(=O)c2ccc3c(c2)SC2=NS(=O)(=O)CCN23)cc1. The molecule has 2 aliphatic heterocycles. The second-order valence-electron chi connectivity index (χ2n) is 6.85. The van der Waals surface area contributed by atoms with E-state index in [1.807, 2.05) is 0 Å². The highest BCUT2D eigenvalue weighted by Crippen LogP contribution is 2.42. The lowest BCUT2D eigenvalue weighted by Crippen LogP contribution is -2.35. The lowest BCUT2D eigenvalue weighted by Gasteiger charge is -2.22. The number of benzene rings is 2. The van der Waals surface area contributed by atoms with Crippen molar-refractivity contribution in [1.29, 1.82) is 0 Å². The van der Waals surface area contributed by atoms with Crippen molar-refractivity contribution >= 4 is 56.0 Å². The Bertz CT molecular complexity index is 1220. The second kappa shape index (κ2) is 8.16. The lowest BCUT2D eigenvalue weighted by molar-refractivity contribution is -0.114. The van der Waals surface area contributed by atoms with E-state index < -0.39 is 22.6 Å². The minimum absolute atomic E-state index is 0.0613. The van der Waals surface area contributed by atoms with Crippen LogP contribution >= 0.6 is 11.8 Å². The number of carbonyl (C=O) groups excluding carboxylic acids is 3. The molecule has 2 aromatic rings. The number of amides is 1. The van der Waals surface area contributed by atoms with E-state index in [0.717, 1.165) is 5.69 Å². The molecule has 11 heteroatoms. The molecule has 2 aliphatic rings. The van der Waals surface area contributed by atoms with Gasteiger partial charge in [-0.2, -0.15) is 0 Å². The van der Waals surface area contributed by atoms with Gasteiger partial charge in [0.2, 0.25) is 5.91 Å². The summed E-state index contributed by atoms with van der Waals surface area (Å²) in [7, 11) is -3.46. The third kappa shape index (κ3) is 4.62. The van der Waals surface area contributed by atoms with Gasteiger partial charge in [0.05, 0.1) is 17.0 Å². The zero-order chi connectivity index (χ0) is 22.2. The van der Waals surface area contributed by atoms with Crippen molar-refractivity contribution < 1.29 is 27.5 Å². The van der Waals surface area contributed by atoms with Gasteiger partial charge in [0, 0.05) is 29.6 Å². The molecule has 0 atom stereocenters. The number of thioether (sulfide) groups is 1. The average Bonchev–Trinajstić information content (AvgIpc) is 3.07. The largest absolute Gasteiger partial charge is 0.454 e. The highest BCUT2D eigenvalue weighted by molar-refractivity contribution is 8.15. The van der Waals surface area contributed by atoms with Gasteiger partial charge in [-0.3, -0.25) is 9.59 Å². The number of carbonyl (C=O) groups is 3. The maximum Gasteiger partial charge on any atom is 0.338 e. The maximum atomic E-state index is 12.4. The summed E-state index contributed by atoms with van der Waals surface area (Å²) in [4.78, 5) is 38.2. The number of fused-ring (bicyclic) bond motifs is 3. The molecule has 4 rings (SSSR count). The van der Waals surface area contributed by atoms with Crippen molar-refractivity contribution in [2.45, 2.75) is 11.8 Å². The average molecular weight is 460 g/mol.